The Kier molecular flexibility index (Phi) is 5.08. The van der Waals surface area contributed by atoms with Gasteiger partial charge in [0.25, 0.3) is 0 Å². The fraction of sp³-hybridized carbons (Fsp3) is 0.588. The molecule has 0 N–H and O–H groups in total. The SMILES string of the molecule is CCC1N=C(C)C(CN2CCN(c3ccc(C(F)(F)F)cn3)CC2)=N1. The maximum atomic E-state index is 12.6. The first-order chi connectivity index (χ1) is 11.9. The molecular formula is C17H22F3N5. The second-order valence-corrected chi connectivity index (χ2v) is 6.35. The minimum Gasteiger partial charge on any atom is -0.354 e. The van der Waals surface area contributed by atoms with E-state index in [1.165, 1.54) is 6.07 Å². The number of piperazine rings is 1. The standard InChI is InChI=1S/C17H22F3N5/c1-3-15-22-12(2)14(23-15)11-24-6-8-25(9-7-24)16-5-4-13(10-21-16)17(18,19)20/h4-5,10,15H,3,6-9,11H2,1-2H3. The van der Waals surface area contributed by atoms with Gasteiger partial charge in [-0.1, -0.05) is 6.92 Å². The molecule has 0 saturated carbocycles. The van der Waals surface area contributed by atoms with E-state index in [-0.39, 0.29) is 6.17 Å². The topological polar surface area (TPSA) is 44.1 Å². The zero-order valence-corrected chi connectivity index (χ0v) is 14.4. The third kappa shape index (κ3) is 4.18. The van der Waals surface area contributed by atoms with E-state index in [1.807, 2.05) is 11.8 Å². The lowest BCUT2D eigenvalue weighted by atomic mass is 10.2. The molecule has 2 aliphatic heterocycles. The molecule has 3 heterocycles. The van der Waals surface area contributed by atoms with Gasteiger partial charge in [-0.3, -0.25) is 14.9 Å². The van der Waals surface area contributed by atoms with Crippen LogP contribution in [0.4, 0.5) is 19.0 Å². The average Bonchev–Trinajstić information content (AvgIpc) is 2.95. The summed E-state index contributed by atoms with van der Waals surface area (Å²) in [6.45, 7) is 7.97. The Hall–Kier alpha value is -1.96. The summed E-state index contributed by atoms with van der Waals surface area (Å²) in [6, 6.07) is 2.54. The molecule has 0 bridgehead atoms. The molecule has 136 valence electrons. The lowest BCUT2D eigenvalue weighted by molar-refractivity contribution is -0.137. The number of hydrogen-bond acceptors (Lipinski definition) is 5. The molecule has 3 rings (SSSR count). The van der Waals surface area contributed by atoms with Crippen molar-refractivity contribution in [1.82, 2.24) is 9.88 Å². The van der Waals surface area contributed by atoms with Crippen LogP contribution in [-0.2, 0) is 6.18 Å². The number of pyridine rings is 1. The summed E-state index contributed by atoms with van der Waals surface area (Å²) in [7, 11) is 0. The Labute approximate surface area is 145 Å². The Balaban J connectivity index is 1.55. The molecule has 1 aromatic heterocycles. The van der Waals surface area contributed by atoms with Crippen molar-refractivity contribution in [2.45, 2.75) is 32.6 Å². The summed E-state index contributed by atoms with van der Waals surface area (Å²) in [4.78, 5) is 17.4. The zero-order valence-electron chi connectivity index (χ0n) is 14.4. The van der Waals surface area contributed by atoms with Crippen molar-refractivity contribution in [3.8, 4) is 0 Å². The number of alkyl halides is 3. The summed E-state index contributed by atoms with van der Waals surface area (Å²) >= 11 is 0. The number of halogens is 3. The minimum atomic E-state index is -4.35. The molecule has 1 saturated heterocycles. The Morgan fingerprint density at radius 1 is 1.12 bits per heavy atom. The predicted octanol–water partition coefficient (Wildman–Crippen LogP) is 2.87. The van der Waals surface area contributed by atoms with E-state index in [0.717, 1.165) is 62.8 Å². The van der Waals surface area contributed by atoms with Crippen LogP contribution in [0.3, 0.4) is 0 Å². The smallest absolute Gasteiger partial charge is 0.354 e. The number of nitrogens with zero attached hydrogens (tertiary/aromatic N) is 5. The molecule has 0 spiro atoms. The molecule has 0 aromatic carbocycles. The highest BCUT2D eigenvalue weighted by molar-refractivity contribution is 6.43. The van der Waals surface area contributed by atoms with Gasteiger partial charge < -0.3 is 4.90 Å². The number of aliphatic imine (C=N–C) groups is 2. The van der Waals surface area contributed by atoms with Crippen molar-refractivity contribution >= 4 is 17.2 Å². The van der Waals surface area contributed by atoms with Gasteiger partial charge in [-0.05, 0) is 25.5 Å². The first-order valence-electron chi connectivity index (χ1n) is 8.49. The van der Waals surface area contributed by atoms with Crippen molar-refractivity contribution in [1.29, 1.82) is 0 Å². The van der Waals surface area contributed by atoms with E-state index in [0.29, 0.717) is 5.82 Å². The lowest BCUT2D eigenvalue weighted by Gasteiger charge is -2.35. The molecular weight excluding hydrogens is 331 g/mol. The van der Waals surface area contributed by atoms with Gasteiger partial charge in [-0.15, -0.1) is 0 Å². The molecule has 1 unspecified atom stereocenters. The quantitative estimate of drug-likeness (QED) is 0.836. The van der Waals surface area contributed by atoms with Gasteiger partial charge in [-0.2, -0.15) is 13.2 Å². The van der Waals surface area contributed by atoms with Crippen LogP contribution in [0.15, 0.2) is 28.3 Å². The number of anilines is 1. The van der Waals surface area contributed by atoms with Crippen LogP contribution in [0.1, 0.15) is 25.8 Å². The first kappa shape index (κ1) is 17.8. The molecule has 0 aliphatic carbocycles. The van der Waals surface area contributed by atoms with E-state index >= 15 is 0 Å². The maximum absolute atomic E-state index is 12.6. The minimum absolute atomic E-state index is 0.0626. The van der Waals surface area contributed by atoms with Gasteiger partial charge in [-0.25, -0.2) is 4.98 Å². The second-order valence-electron chi connectivity index (χ2n) is 6.35. The highest BCUT2D eigenvalue weighted by atomic mass is 19.4. The number of hydrogen-bond donors (Lipinski definition) is 0. The van der Waals surface area contributed by atoms with E-state index in [9.17, 15) is 13.2 Å². The van der Waals surface area contributed by atoms with E-state index in [2.05, 4.69) is 26.8 Å². The Bertz CT molecular complexity index is 658. The summed E-state index contributed by atoms with van der Waals surface area (Å²) in [6.07, 6.45) is -2.47. The van der Waals surface area contributed by atoms with Crippen LogP contribution in [0, 0.1) is 0 Å². The van der Waals surface area contributed by atoms with Crippen LogP contribution >= 0.6 is 0 Å². The van der Waals surface area contributed by atoms with Gasteiger partial charge >= 0.3 is 6.18 Å². The van der Waals surface area contributed by atoms with Crippen LogP contribution in [0.25, 0.3) is 0 Å². The Morgan fingerprint density at radius 3 is 2.36 bits per heavy atom. The maximum Gasteiger partial charge on any atom is 0.417 e. The summed E-state index contributed by atoms with van der Waals surface area (Å²) in [5.74, 6) is 0.592. The summed E-state index contributed by atoms with van der Waals surface area (Å²) in [5.41, 5.74) is 1.35. The molecule has 0 radical (unpaired) electrons. The number of rotatable bonds is 4. The normalized spacial score (nSPS) is 22.1. The molecule has 2 aliphatic rings. The third-order valence-corrected chi connectivity index (χ3v) is 4.58. The predicted molar refractivity (Wildman–Crippen MR) is 92.5 cm³/mol. The highest BCUT2D eigenvalue weighted by Crippen LogP contribution is 2.29. The molecule has 0 amide bonds. The fourth-order valence-electron chi connectivity index (χ4n) is 3.03. The highest BCUT2D eigenvalue weighted by Gasteiger charge is 2.31. The monoisotopic (exact) mass is 353 g/mol. The molecule has 25 heavy (non-hydrogen) atoms. The summed E-state index contributed by atoms with van der Waals surface area (Å²) in [5, 5.41) is 0. The van der Waals surface area contributed by atoms with Gasteiger partial charge in [0.2, 0.25) is 0 Å². The first-order valence-corrected chi connectivity index (χ1v) is 8.49. The Morgan fingerprint density at radius 2 is 1.84 bits per heavy atom. The average molecular weight is 353 g/mol. The van der Waals surface area contributed by atoms with Crippen molar-refractivity contribution in [3.05, 3.63) is 23.9 Å². The van der Waals surface area contributed by atoms with Crippen molar-refractivity contribution in [2.75, 3.05) is 37.6 Å². The van der Waals surface area contributed by atoms with Crippen LogP contribution in [-0.4, -0.2) is 60.2 Å². The largest absolute Gasteiger partial charge is 0.417 e. The molecule has 1 aromatic rings. The van der Waals surface area contributed by atoms with Crippen LogP contribution in [0.5, 0.6) is 0 Å². The lowest BCUT2D eigenvalue weighted by Crippen LogP contribution is -2.48. The second kappa shape index (κ2) is 7.11. The van der Waals surface area contributed by atoms with Crippen molar-refractivity contribution in [3.63, 3.8) is 0 Å². The van der Waals surface area contributed by atoms with Crippen molar-refractivity contribution in [2.24, 2.45) is 9.98 Å². The molecule has 1 atom stereocenters. The molecule has 8 heteroatoms. The number of aromatic nitrogens is 1. The van der Waals surface area contributed by atoms with E-state index in [4.69, 9.17) is 0 Å². The van der Waals surface area contributed by atoms with Gasteiger partial charge in [0, 0.05) is 38.9 Å². The van der Waals surface area contributed by atoms with E-state index < -0.39 is 11.7 Å². The zero-order chi connectivity index (χ0) is 18.0. The van der Waals surface area contributed by atoms with Crippen molar-refractivity contribution < 1.29 is 13.2 Å². The van der Waals surface area contributed by atoms with Gasteiger partial charge in [0.1, 0.15) is 12.0 Å². The third-order valence-electron chi connectivity index (χ3n) is 4.58. The van der Waals surface area contributed by atoms with Gasteiger partial charge in [0.15, 0.2) is 0 Å². The molecule has 1 fully saturated rings. The summed E-state index contributed by atoms with van der Waals surface area (Å²) < 4.78 is 37.8. The van der Waals surface area contributed by atoms with Crippen LogP contribution in [0.2, 0.25) is 0 Å². The van der Waals surface area contributed by atoms with Gasteiger partial charge in [0.05, 0.1) is 17.0 Å². The molecule has 5 nitrogen and oxygen atoms in total. The van der Waals surface area contributed by atoms with E-state index in [1.54, 1.807) is 0 Å². The van der Waals surface area contributed by atoms with Crippen LogP contribution < -0.4 is 4.90 Å². The fourth-order valence-corrected chi connectivity index (χ4v) is 3.03.